The molecule has 116 valence electrons. The normalized spacial score (nSPS) is 11.9. The molecule has 3 heteroatoms. The zero-order valence-electron chi connectivity index (χ0n) is 13.0. The Morgan fingerprint density at radius 2 is 1.68 bits per heavy atom. The Labute approximate surface area is 137 Å². The van der Waals surface area contributed by atoms with Gasteiger partial charge in [-0.1, -0.05) is 67.6 Å². The van der Waals surface area contributed by atoms with Gasteiger partial charge in [-0.15, -0.1) is 0 Å². The largest absolute Gasteiger partial charge is 0.349 e. The highest BCUT2D eigenvalue weighted by Crippen LogP contribution is 2.17. The number of carbonyl (C=O) groups excluding carboxylic acids is 1. The van der Waals surface area contributed by atoms with Crippen LogP contribution in [-0.2, 0) is 10.5 Å². The number of hydrogen-bond donors (Lipinski definition) is 1. The molecule has 0 aromatic heterocycles. The molecular weight excluding hydrogens is 290 g/mol. The molecule has 0 spiro atoms. The van der Waals surface area contributed by atoms with Crippen LogP contribution < -0.4 is 5.32 Å². The van der Waals surface area contributed by atoms with E-state index in [4.69, 9.17) is 0 Å². The monoisotopic (exact) mass is 313 g/mol. The van der Waals surface area contributed by atoms with Crippen molar-refractivity contribution in [2.75, 3.05) is 5.75 Å². The van der Waals surface area contributed by atoms with Gasteiger partial charge < -0.3 is 5.32 Å². The van der Waals surface area contributed by atoms with Crippen LogP contribution in [0.15, 0.2) is 60.7 Å². The van der Waals surface area contributed by atoms with Crippen molar-refractivity contribution in [3.05, 3.63) is 71.8 Å². The van der Waals surface area contributed by atoms with Crippen molar-refractivity contribution in [2.24, 2.45) is 0 Å². The van der Waals surface area contributed by atoms with E-state index in [2.05, 4.69) is 36.5 Å². The molecule has 2 aromatic rings. The van der Waals surface area contributed by atoms with Crippen molar-refractivity contribution in [3.8, 4) is 0 Å². The summed E-state index contributed by atoms with van der Waals surface area (Å²) in [6.45, 7) is 2.10. The summed E-state index contributed by atoms with van der Waals surface area (Å²) in [7, 11) is 0. The summed E-state index contributed by atoms with van der Waals surface area (Å²) < 4.78 is 0. The van der Waals surface area contributed by atoms with Crippen molar-refractivity contribution < 1.29 is 4.79 Å². The van der Waals surface area contributed by atoms with Gasteiger partial charge in [0.15, 0.2) is 0 Å². The van der Waals surface area contributed by atoms with Gasteiger partial charge in [0.1, 0.15) is 0 Å². The summed E-state index contributed by atoms with van der Waals surface area (Å²) in [5.74, 6) is 1.95. The summed E-state index contributed by atoms with van der Waals surface area (Å²) in [4.78, 5) is 12.1. The second kappa shape index (κ2) is 9.31. The van der Waals surface area contributed by atoms with Crippen molar-refractivity contribution >= 4 is 17.7 Å². The molecule has 0 bridgehead atoms. The maximum Gasteiger partial charge on any atom is 0.221 e. The third kappa shape index (κ3) is 5.57. The van der Waals surface area contributed by atoms with E-state index in [1.165, 1.54) is 11.1 Å². The molecule has 2 rings (SSSR count). The minimum Gasteiger partial charge on any atom is -0.349 e. The van der Waals surface area contributed by atoms with Crippen molar-refractivity contribution in [2.45, 2.75) is 31.6 Å². The van der Waals surface area contributed by atoms with Crippen LogP contribution in [-0.4, -0.2) is 11.7 Å². The van der Waals surface area contributed by atoms with Gasteiger partial charge in [-0.05, 0) is 17.5 Å². The molecule has 1 amide bonds. The second-order valence-electron chi connectivity index (χ2n) is 5.23. The summed E-state index contributed by atoms with van der Waals surface area (Å²) in [5.41, 5.74) is 2.49. The van der Waals surface area contributed by atoms with E-state index in [1.807, 2.05) is 36.4 Å². The lowest BCUT2D eigenvalue weighted by Crippen LogP contribution is -2.28. The quantitative estimate of drug-likeness (QED) is 0.723. The molecule has 0 heterocycles. The number of amides is 1. The van der Waals surface area contributed by atoms with Crippen LogP contribution in [0.5, 0.6) is 0 Å². The Morgan fingerprint density at radius 3 is 2.32 bits per heavy atom. The predicted octanol–water partition coefficient (Wildman–Crippen LogP) is 4.58. The predicted molar refractivity (Wildman–Crippen MR) is 94.8 cm³/mol. The standard InChI is InChI=1S/C19H23NOS/c1-2-18(17-11-7-4-8-12-17)20-19(21)13-14-22-15-16-9-5-3-6-10-16/h3-12,18H,2,13-15H2,1H3,(H,20,21)/t18-/m1/s1. The molecule has 2 aromatic carbocycles. The Bertz CT molecular complexity index is 556. The number of carbonyl (C=O) groups is 1. The van der Waals surface area contributed by atoms with E-state index in [1.54, 1.807) is 11.8 Å². The first-order chi connectivity index (χ1) is 10.8. The third-order valence-corrected chi connectivity index (χ3v) is 4.56. The third-order valence-electron chi connectivity index (χ3n) is 3.53. The molecule has 0 aliphatic carbocycles. The average Bonchev–Trinajstić information content (AvgIpc) is 2.58. The van der Waals surface area contributed by atoms with Gasteiger partial charge in [-0.25, -0.2) is 0 Å². The molecule has 0 saturated heterocycles. The maximum atomic E-state index is 12.1. The number of benzene rings is 2. The second-order valence-corrected chi connectivity index (χ2v) is 6.33. The summed E-state index contributed by atoms with van der Waals surface area (Å²) in [6.07, 6.45) is 1.48. The lowest BCUT2D eigenvalue weighted by Gasteiger charge is -2.17. The molecule has 22 heavy (non-hydrogen) atoms. The highest BCUT2D eigenvalue weighted by Gasteiger charge is 2.11. The molecular formula is C19H23NOS. The van der Waals surface area contributed by atoms with Crippen molar-refractivity contribution in [3.63, 3.8) is 0 Å². The summed E-state index contributed by atoms with van der Waals surface area (Å²) in [6, 6.07) is 20.6. The number of rotatable bonds is 8. The van der Waals surface area contributed by atoms with E-state index in [9.17, 15) is 4.79 Å². The molecule has 0 radical (unpaired) electrons. The minimum absolute atomic E-state index is 0.118. The first-order valence-corrected chi connectivity index (χ1v) is 8.91. The van der Waals surface area contributed by atoms with Crippen molar-refractivity contribution in [1.29, 1.82) is 0 Å². The minimum atomic E-state index is 0.118. The fourth-order valence-electron chi connectivity index (χ4n) is 2.30. The SMILES string of the molecule is CC[C@@H](NC(=O)CCSCc1ccccc1)c1ccccc1. The molecule has 0 saturated carbocycles. The number of hydrogen-bond acceptors (Lipinski definition) is 2. The average molecular weight is 313 g/mol. The van der Waals surface area contributed by atoms with Crippen LogP contribution in [0.25, 0.3) is 0 Å². The highest BCUT2D eigenvalue weighted by molar-refractivity contribution is 7.98. The fourth-order valence-corrected chi connectivity index (χ4v) is 3.20. The van der Waals surface area contributed by atoms with E-state index < -0.39 is 0 Å². The van der Waals surface area contributed by atoms with Gasteiger partial charge in [0, 0.05) is 17.9 Å². The Kier molecular flexibility index (Phi) is 7.04. The molecule has 2 nitrogen and oxygen atoms in total. The van der Waals surface area contributed by atoms with Gasteiger partial charge >= 0.3 is 0 Å². The van der Waals surface area contributed by atoms with E-state index in [-0.39, 0.29) is 11.9 Å². The smallest absolute Gasteiger partial charge is 0.221 e. The number of nitrogens with one attached hydrogen (secondary N) is 1. The zero-order chi connectivity index (χ0) is 15.6. The lowest BCUT2D eigenvalue weighted by atomic mass is 10.0. The van der Waals surface area contributed by atoms with Crippen LogP contribution in [0.4, 0.5) is 0 Å². The van der Waals surface area contributed by atoms with E-state index >= 15 is 0 Å². The van der Waals surface area contributed by atoms with Gasteiger partial charge in [-0.3, -0.25) is 4.79 Å². The first-order valence-electron chi connectivity index (χ1n) is 7.75. The lowest BCUT2D eigenvalue weighted by molar-refractivity contribution is -0.121. The number of thioether (sulfide) groups is 1. The van der Waals surface area contributed by atoms with Crippen LogP contribution in [0, 0.1) is 0 Å². The Balaban J connectivity index is 1.71. The first kappa shape index (κ1) is 16.6. The van der Waals surface area contributed by atoms with Gasteiger partial charge in [-0.2, -0.15) is 11.8 Å². The van der Waals surface area contributed by atoms with Crippen LogP contribution in [0.2, 0.25) is 0 Å². The van der Waals surface area contributed by atoms with Gasteiger partial charge in [0.2, 0.25) is 5.91 Å². The Morgan fingerprint density at radius 1 is 1.05 bits per heavy atom. The van der Waals surface area contributed by atoms with Crippen LogP contribution in [0.3, 0.4) is 0 Å². The molecule has 0 fully saturated rings. The highest BCUT2D eigenvalue weighted by atomic mass is 32.2. The van der Waals surface area contributed by atoms with Gasteiger partial charge in [0.25, 0.3) is 0 Å². The molecule has 0 aliphatic heterocycles. The van der Waals surface area contributed by atoms with Crippen LogP contribution >= 0.6 is 11.8 Å². The van der Waals surface area contributed by atoms with Gasteiger partial charge in [0.05, 0.1) is 6.04 Å². The summed E-state index contributed by atoms with van der Waals surface area (Å²) in [5, 5.41) is 3.13. The molecule has 1 atom stereocenters. The molecule has 0 unspecified atom stereocenters. The molecule has 1 N–H and O–H groups in total. The van der Waals surface area contributed by atoms with Crippen LogP contribution in [0.1, 0.15) is 36.9 Å². The topological polar surface area (TPSA) is 29.1 Å². The van der Waals surface area contributed by atoms with Crippen molar-refractivity contribution in [1.82, 2.24) is 5.32 Å². The maximum absolute atomic E-state index is 12.1. The van der Waals surface area contributed by atoms with E-state index in [0.29, 0.717) is 6.42 Å². The molecule has 0 aliphatic rings. The zero-order valence-corrected chi connectivity index (χ0v) is 13.8. The fraction of sp³-hybridized carbons (Fsp3) is 0.316. The van der Waals surface area contributed by atoms with E-state index in [0.717, 1.165) is 17.9 Å². The summed E-state index contributed by atoms with van der Waals surface area (Å²) >= 11 is 1.80. The Hall–Kier alpha value is -1.74.